The van der Waals surface area contributed by atoms with Crippen molar-refractivity contribution in [1.82, 2.24) is 20.5 Å². The Morgan fingerprint density at radius 3 is 2.55 bits per heavy atom. The fourth-order valence-electron chi connectivity index (χ4n) is 4.35. The predicted molar refractivity (Wildman–Crippen MR) is 127 cm³/mol. The first-order valence-corrected chi connectivity index (χ1v) is 13.0. The lowest BCUT2D eigenvalue weighted by molar-refractivity contribution is 0.256. The molecule has 0 spiro atoms. The van der Waals surface area contributed by atoms with Crippen LogP contribution in [0.3, 0.4) is 0 Å². The molecule has 2 heterocycles. The summed E-state index contributed by atoms with van der Waals surface area (Å²) in [6, 6.07) is 9.82. The Kier molecular flexibility index (Phi) is 7.39. The van der Waals surface area contributed by atoms with Gasteiger partial charge in [-0.05, 0) is 54.8 Å². The van der Waals surface area contributed by atoms with Gasteiger partial charge in [-0.2, -0.15) is 0 Å². The first-order valence-electron chi connectivity index (χ1n) is 11.5. The molecule has 1 saturated carbocycles. The van der Waals surface area contributed by atoms with Gasteiger partial charge in [0.05, 0.1) is 16.3 Å². The van der Waals surface area contributed by atoms with E-state index in [0.717, 1.165) is 12.5 Å². The van der Waals surface area contributed by atoms with Gasteiger partial charge in [0.25, 0.3) is 10.0 Å². The number of nitrogens with zero attached hydrogens (tertiary/aromatic N) is 3. The molecule has 0 saturated heterocycles. The van der Waals surface area contributed by atoms with E-state index in [9.17, 15) is 8.42 Å². The molecular formula is C24H31N5O3S. The van der Waals surface area contributed by atoms with Crippen molar-refractivity contribution < 1.29 is 12.8 Å². The molecule has 0 radical (unpaired) electrons. The fourth-order valence-corrected chi connectivity index (χ4v) is 5.44. The molecule has 0 aliphatic heterocycles. The van der Waals surface area contributed by atoms with Gasteiger partial charge in [0.15, 0.2) is 0 Å². The molecule has 9 heteroatoms. The first kappa shape index (κ1) is 23.4. The van der Waals surface area contributed by atoms with Crippen LogP contribution in [0.4, 0.5) is 5.69 Å². The number of benzene rings is 1. The molecular weight excluding hydrogens is 438 g/mol. The molecule has 1 aliphatic carbocycles. The summed E-state index contributed by atoms with van der Waals surface area (Å²) in [6.07, 6.45) is 8.31. The molecule has 1 aromatic carbocycles. The summed E-state index contributed by atoms with van der Waals surface area (Å²) in [6.45, 7) is 5.40. The lowest BCUT2D eigenvalue weighted by Gasteiger charge is -2.27. The highest BCUT2D eigenvalue weighted by atomic mass is 32.2. The van der Waals surface area contributed by atoms with Gasteiger partial charge in [0, 0.05) is 25.2 Å². The zero-order valence-electron chi connectivity index (χ0n) is 19.1. The molecule has 0 amide bonds. The van der Waals surface area contributed by atoms with E-state index in [1.807, 2.05) is 0 Å². The number of nitrogens with one attached hydrogen (secondary N) is 2. The van der Waals surface area contributed by atoms with Crippen molar-refractivity contribution in [3.05, 3.63) is 54.2 Å². The van der Waals surface area contributed by atoms with Crippen molar-refractivity contribution in [3.8, 4) is 11.5 Å². The number of aromatic nitrogens is 3. The molecule has 1 aliphatic rings. The second-order valence-electron chi connectivity index (χ2n) is 8.76. The number of anilines is 1. The summed E-state index contributed by atoms with van der Waals surface area (Å²) in [5, 5.41) is 11.2. The molecule has 33 heavy (non-hydrogen) atoms. The van der Waals surface area contributed by atoms with E-state index in [4.69, 9.17) is 4.42 Å². The maximum Gasteiger partial charge on any atom is 0.261 e. The fraction of sp³-hybridized carbons (Fsp3) is 0.458. The molecule has 0 bridgehead atoms. The summed E-state index contributed by atoms with van der Waals surface area (Å²) >= 11 is 0. The summed E-state index contributed by atoms with van der Waals surface area (Å²) in [5.41, 5.74) is 1.81. The van der Waals surface area contributed by atoms with Crippen LogP contribution in [0.25, 0.3) is 11.5 Å². The normalized spacial score (nSPS) is 15.9. The second-order valence-corrected chi connectivity index (χ2v) is 10.4. The number of sulfonamides is 1. The average molecular weight is 470 g/mol. The highest BCUT2D eigenvalue weighted by molar-refractivity contribution is 7.92. The highest BCUT2D eigenvalue weighted by Crippen LogP contribution is 2.29. The van der Waals surface area contributed by atoms with E-state index in [0.29, 0.717) is 41.2 Å². The quantitative estimate of drug-likeness (QED) is 0.473. The molecule has 2 N–H and O–H groups in total. The minimum absolute atomic E-state index is 0.149. The van der Waals surface area contributed by atoms with Gasteiger partial charge in [-0.15, -0.1) is 10.2 Å². The van der Waals surface area contributed by atoms with Crippen molar-refractivity contribution in [2.45, 2.75) is 57.4 Å². The van der Waals surface area contributed by atoms with Crippen LogP contribution in [0.2, 0.25) is 0 Å². The molecule has 176 valence electrons. The van der Waals surface area contributed by atoms with E-state index in [-0.39, 0.29) is 4.90 Å². The van der Waals surface area contributed by atoms with Crippen LogP contribution in [0.15, 0.2) is 51.9 Å². The average Bonchev–Trinajstić information content (AvgIpc) is 3.27. The van der Waals surface area contributed by atoms with Crippen molar-refractivity contribution in [2.75, 3.05) is 11.3 Å². The molecule has 1 atom stereocenters. The van der Waals surface area contributed by atoms with Gasteiger partial charge in [-0.3, -0.25) is 9.71 Å². The minimum Gasteiger partial charge on any atom is -0.421 e. The summed E-state index contributed by atoms with van der Waals surface area (Å²) in [4.78, 5) is 4.55. The van der Waals surface area contributed by atoms with Gasteiger partial charge >= 0.3 is 0 Å². The van der Waals surface area contributed by atoms with Crippen molar-refractivity contribution >= 4 is 15.7 Å². The smallest absolute Gasteiger partial charge is 0.261 e. The molecule has 8 nitrogen and oxygen atoms in total. The number of rotatable bonds is 9. The third kappa shape index (κ3) is 5.97. The molecule has 1 fully saturated rings. The molecule has 3 aromatic rings. The van der Waals surface area contributed by atoms with E-state index in [1.165, 1.54) is 44.2 Å². The van der Waals surface area contributed by atoms with Crippen LogP contribution in [0, 0.1) is 18.8 Å². The van der Waals surface area contributed by atoms with E-state index in [2.05, 4.69) is 32.1 Å². The number of pyridine rings is 1. The summed E-state index contributed by atoms with van der Waals surface area (Å²) < 4.78 is 34.1. The van der Waals surface area contributed by atoms with Crippen LogP contribution < -0.4 is 10.0 Å². The SMILES string of the molecule is Cc1nnc(-c2ccc(S(=O)(=O)Nc3cccnc3CNCC(C)C3CCCCC3)cc2)o1. The maximum atomic E-state index is 13.0. The van der Waals surface area contributed by atoms with Crippen LogP contribution >= 0.6 is 0 Å². The Balaban J connectivity index is 1.40. The number of hydrogen-bond donors (Lipinski definition) is 2. The monoisotopic (exact) mass is 469 g/mol. The van der Waals surface area contributed by atoms with Gasteiger partial charge in [-0.1, -0.05) is 39.0 Å². The zero-order valence-corrected chi connectivity index (χ0v) is 19.9. The lowest BCUT2D eigenvalue weighted by Crippen LogP contribution is -2.28. The Hall–Kier alpha value is -2.78. The Bertz CT molecular complexity index is 1150. The maximum absolute atomic E-state index is 13.0. The standard InChI is InChI=1S/C24H31N5O3S/c1-17(19-7-4-3-5-8-19)15-25-16-23-22(9-6-14-26-23)29-33(30,31)21-12-10-20(11-13-21)24-28-27-18(2)32-24/h6,9-14,17,19,25,29H,3-5,7-8,15-16H2,1-2H3. The second kappa shape index (κ2) is 10.4. The predicted octanol–water partition coefficient (Wildman–Crippen LogP) is 4.55. The van der Waals surface area contributed by atoms with Crippen LogP contribution in [0.5, 0.6) is 0 Å². The van der Waals surface area contributed by atoms with Crippen molar-refractivity contribution in [1.29, 1.82) is 0 Å². The van der Waals surface area contributed by atoms with Crippen LogP contribution in [0.1, 0.15) is 50.6 Å². The molecule has 1 unspecified atom stereocenters. The molecule has 4 rings (SSSR count). The lowest BCUT2D eigenvalue weighted by atomic mass is 9.81. The van der Waals surface area contributed by atoms with E-state index in [1.54, 1.807) is 37.4 Å². The van der Waals surface area contributed by atoms with Crippen molar-refractivity contribution in [2.24, 2.45) is 11.8 Å². The number of aryl methyl sites for hydroxylation is 1. The Morgan fingerprint density at radius 2 is 1.85 bits per heavy atom. The van der Waals surface area contributed by atoms with Crippen LogP contribution in [-0.2, 0) is 16.6 Å². The van der Waals surface area contributed by atoms with Crippen molar-refractivity contribution in [3.63, 3.8) is 0 Å². The van der Waals surface area contributed by atoms with Gasteiger partial charge in [0.2, 0.25) is 11.8 Å². The zero-order chi connectivity index (χ0) is 23.3. The number of hydrogen-bond acceptors (Lipinski definition) is 7. The third-order valence-electron chi connectivity index (χ3n) is 6.29. The summed E-state index contributed by atoms with van der Waals surface area (Å²) in [7, 11) is -3.77. The largest absolute Gasteiger partial charge is 0.421 e. The first-order chi connectivity index (χ1) is 15.9. The van der Waals surface area contributed by atoms with E-state index < -0.39 is 10.0 Å². The summed E-state index contributed by atoms with van der Waals surface area (Å²) in [5.74, 6) is 2.17. The van der Waals surface area contributed by atoms with Crippen LogP contribution in [-0.4, -0.2) is 30.1 Å². The van der Waals surface area contributed by atoms with Gasteiger partial charge < -0.3 is 9.73 Å². The topological polar surface area (TPSA) is 110 Å². The third-order valence-corrected chi connectivity index (χ3v) is 7.67. The Morgan fingerprint density at radius 1 is 1.09 bits per heavy atom. The molecule has 2 aromatic heterocycles. The van der Waals surface area contributed by atoms with E-state index >= 15 is 0 Å². The van der Waals surface area contributed by atoms with Gasteiger partial charge in [0.1, 0.15) is 0 Å². The Labute approximate surface area is 195 Å². The van der Waals surface area contributed by atoms with Gasteiger partial charge in [-0.25, -0.2) is 8.42 Å². The highest BCUT2D eigenvalue weighted by Gasteiger charge is 2.20. The minimum atomic E-state index is -3.77.